The largest absolute Gasteiger partial charge is 0.478 e. The lowest BCUT2D eigenvalue weighted by molar-refractivity contribution is -0.384. The first-order chi connectivity index (χ1) is 8.11. The Morgan fingerprint density at radius 1 is 1.24 bits per heavy atom. The molecule has 0 aliphatic heterocycles. The number of furan rings is 1. The molecule has 0 unspecified atom stereocenters. The molecule has 0 radical (unpaired) electrons. The zero-order valence-electron chi connectivity index (χ0n) is 8.65. The van der Waals surface area contributed by atoms with Crippen molar-refractivity contribution in [3.8, 4) is 0 Å². The SMILES string of the molecule is O=C(O)c1cccc([N+](=O)[O-])c1.c1ccoc1. The second-order valence-corrected chi connectivity index (χ2v) is 2.91. The molecule has 1 aromatic carbocycles. The van der Waals surface area contributed by atoms with Gasteiger partial charge in [-0.1, -0.05) is 6.07 Å². The molecule has 1 aromatic heterocycles. The van der Waals surface area contributed by atoms with Crippen molar-refractivity contribution < 1.29 is 19.2 Å². The van der Waals surface area contributed by atoms with Crippen LogP contribution >= 0.6 is 0 Å². The van der Waals surface area contributed by atoms with E-state index in [2.05, 4.69) is 4.42 Å². The molecule has 2 aromatic rings. The van der Waals surface area contributed by atoms with Gasteiger partial charge in [0, 0.05) is 12.1 Å². The number of carboxylic acids is 1. The van der Waals surface area contributed by atoms with Gasteiger partial charge in [-0.2, -0.15) is 0 Å². The van der Waals surface area contributed by atoms with Gasteiger partial charge >= 0.3 is 5.97 Å². The Kier molecular flexibility index (Phi) is 4.44. The third kappa shape index (κ3) is 4.17. The summed E-state index contributed by atoms with van der Waals surface area (Å²) in [6.45, 7) is 0. The van der Waals surface area contributed by atoms with Gasteiger partial charge in [0.25, 0.3) is 5.69 Å². The molecule has 0 aliphatic carbocycles. The number of carboxylic acid groups (broad SMARTS) is 1. The lowest BCUT2D eigenvalue weighted by Crippen LogP contribution is -1.97. The molecule has 0 saturated carbocycles. The Balaban J connectivity index is 0.000000239. The van der Waals surface area contributed by atoms with Crippen LogP contribution in [-0.4, -0.2) is 16.0 Å². The average molecular weight is 235 g/mol. The van der Waals surface area contributed by atoms with Gasteiger partial charge < -0.3 is 9.52 Å². The molecule has 0 atom stereocenters. The van der Waals surface area contributed by atoms with Gasteiger partial charge in [-0.3, -0.25) is 10.1 Å². The van der Waals surface area contributed by atoms with Crippen molar-refractivity contribution in [1.82, 2.24) is 0 Å². The summed E-state index contributed by atoms with van der Waals surface area (Å²) in [4.78, 5) is 19.9. The number of nitro benzene ring substituents is 1. The first-order valence-corrected chi connectivity index (χ1v) is 4.56. The van der Waals surface area contributed by atoms with Crippen LogP contribution in [0, 0.1) is 10.1 Å². The Morgan fingerprint density at radius 3 is 2.29 bits per heavy atom. The molecule has 0 bridgehead atoms. The molecule has 0 saturated heterocycles. The number of hydrogen-bond donors (Lipinski definition) is 1. The summed E-state index contributed by atoms with van der Waals surface area (Å²) in [6.07, 6.45) is 3.25. The highest BCUT2D eigenvalue weighted by atomic mass is 16.6. The van der Waals surface area contributed by atoms with Crippen LogP contribution < -0.4 is 0 Å². The molecule has 1 N–H and O–H groups in total. The van der Waals surface area contributed by atoms with Crippen molar-refractivity contribution in [3.05, 3.63) is 64.6 Å². The predicted octanol–water partition coefficient (Wildman–Crippen LogP) is 2.57. The quantitative estimate of drug-likeness (QED) is 0.637. The molecule has 6 nitrogen and oxygen atoms in total. The highest BCUT2D eigenvalue weighted by molar-refractivity contribution is 5.88. The fourth-order valence-corrected chi connectivity index (χ4v) is 0.979. The monoisotopic (exact) mass is 235 g/mol. The molecule has 17 heavy (non-hydrogen) atoms. The molecule has 0 amide bonds. The van der Waals surface area contributed by atoms with E-state index >= 15 is 0 Å². The highest BCUT2D eigenvalue weighted by Crippen LogP contribution is 2.12. The van der Waals surface area contributed by atoms with E-state index in [0.29, 0.717) is 0 Å². The van der Waals surface area contributed by atoms with E-state index in [-0.39, 0.29) is 11.3 Å². The number of benzene rings is 1. The number of aromatic carboxylic acids is 1. The van der Waals surface area contributed by atoms with Crippen molar-refractivity contribution in [1.29, 1.82) is 0 Å². The topological polar surface area (TPSA) is 93.6 Å². The van der Waals surface area contributed by atoms with Crippen LogP contribution in [0.1, 0.15) is 10.4 Å². The highest BCUT2D eigenvalue weighted by Gasteiger charge is 2.09. The summed E-state index contributed by atoms with van der Waals surface area (Å²) in [5, 5.41) is 18.7. The van der Waals surface area contributed by atoms with Crippen molar-refractivity contribution in [2.24, 2.45) is 0 Å². The van der Waals surface area contributed by atoms with Crippen LogP contribution in [0.3, 0.4) is 0 Å². The first kappa shape index (κ1) is 12.4. The lowest BCUT2D eigenvalue weighted by atomic mass is 10.2. The fraction of sp³-hybridized carbons (Fsp3) is 0. The Labute approximate surface area is 96.3 Å². The minimum atomic E-state index is -1.17. The standard InChI is InChI=1S/C7H5NO4.C4H4O/c9-7(10)5-2-1-3-6(4-5)8(11)12;1-2-4-5-3-1/h1-4H,(H,9,10);1-4H. The summed E-state index contributed by atoms with van der Waals surface area (Å²) < 4.78 is 4.58. The minimum Gasteiger partial charge on any atom is -0.478 e. The van der Waals surface area contributed by atoms with Crippen molar-refractivity contribution >= 4 is 11.7 Å². The van der Waals surface area contributed by atoms with E-state index < -0.39 is 10.9 Å². The van der Waals surface area contributed by atoms with Gasteiger partial charge in [0.15, 0.2) is 0 Å². The zero-order chi connectivity index (χ0) is 12.7. The van der Waals surface area contributed by atoms with Gasteiger partial charge in [0.2, 0.25) is 0 Å². The maximum atomic E-state index is 10.4. The second-order valence-electron chi connectivity index (χ2n) is 2.91. The normalized spacial score (nSPS) is 8.94. The van der Waals surface area contributed by atoms with Crippen molar-refractivity contribution in [3.63, 3.8) is 0 Å². The van der Waals surface area contributed by atoms with Crippen LogP contribution in [0.25, 0.3) is 0 Å². The number of hydrogen-bond acceptors (Lipinski definition) is 4. The van der Waals surface area contributed by atoms with E-state index in [1.54, 1.807) is 12.5 Å². The summed E-state index contributed by atoms with van der Waals surface area (Å²) in [5.74, 6) is -1.17. The lowest BCUT2D eigenvalue weighted by Gasteiger charge is -1.92. The van der Waals surface area contributed by atoms with E-state index in [9.17, 15) is 14.9 Å². The molecule has 2 rings (SSSR count). The van der Waals surface area contributed by atoms with Gasteiger partial charge in [0.1, 0.15) is 0 Å². The maximum absolute atomic E-state index is 10.4. The van der Waals surface area contributed by atoms with Gasteiger partial charge in [0.05, 0.1) is 23.0 Å². The van der Waals surface area contributed by atoms with Gasteiger partial charge in [-0.05, 0) is 18.2 Å². The fourth-order valence-electron chi connectivity index (χ4n) is 0.979. The third-order valence-electron chi connectivity index (χ3n) is 1.73. The number of nitrogens with zero attached hydrogens (tertiary/aromatic N) is 1. The van der Waals surface area contributed by atoms with Crippen LogP contribution in [0.4, 0.5) is 5.69 Å². The van der Waals surface area contributed by atoms with Crippen LogP contribution in [0.5, 0.6) is 0 Å². The summed E-state index contributed by atoms with van der Waals surface area (Å²) in [6, 6.07) is 8.56. The van der Waals surface area contributed by atoms with Gasteiger partial charge in [-0.15, -0.1) is 0 Å². The van der Waals surface area contributed by atoms with E-state index in [4.69, 9.17) is 5.11 Å². The van der Waals surface area contributed by atoms with E-state index in [0.717, 1.165) is 6.07 Å². The zero-order valence-corrected chi connectivity index (χ0v) is 8.65. The number of nitro groups is 1. The molecule has 88 valence electrons. The molecule has 6 heteroatoms. The third-order valence-corrected chi connectivity index (χ3v) is 1.73. The Bertz CT molecular complexity index is 446. The molecular weight excluding hydrogens is 226 g/mol. The molecular formula is C11H9NO5. The van der Waals surface area contributed by atoms with Crippen LogP contribution in [0.15, 0.2) is 53.3 Å². The average Bonchev–Trinajstić information content (AvgIpc) is 2.87. The Hall–Kier alpha value is -2.63. The number of rotatable bonds is 2. The van der Waals surface area contributed by atoms with E-state index in [1.165, 1.54) is 18.2 Å². The first-order valence-electron chi connectivity index (χ1n) is 4.56. The summed E-state index contributed by atoms with van der Waals surface area (Å²) >= 11 is 0. The number of non-ortho nitro benzene ring substituents is 1. The predicted molar refractivity (Wildman–Crippen MR) is 58.8 cm³/mol. The van der Waals surface area contributed by atoms with Crippen molar-refractivity contribution in [2.45, 2.75) is 0 Å². The molecule has 0 fully saturated rings. The minimum absolute atomic E-state index is 0.0794. The van der Waals surface area contributed by atoms with Crippen molar-refractivity contribution in [2.75, 3.05) is 0 Å². The van der Waals surface area contributed by atoms with Crippen LogP contribution in [0.2, 0.25) is 0 Å². The molecule has 0 spiro atoms. The molecule has 0 aliphatic rings. The summed E-state index contributed by atoms with van der Waals surface area (Å²) in [5.41, 5.74) is -0.292. The number of carbonyl (C=O) groups is 1. The van der Waals surface area contributed by atoms with E-state index in [1.807, 2.05) is 12.1 Å². The van der Waals surface area contributed by atoms with Crippen LogP contribution in [-0.2, 0) is 0 Å². The Morgan fingerprint density at radius 2 is 1.88 bits per heavy atom. The summed E-state index contributed by atoms with van der Waals surface area (Å²) in [7, 11) is 0. The smallest absolute Gasteiger partial charge is 0.335 e. The second kappa shape index (κ2) is 6.06. The maximum Gasteiger partial charge on any atom is 0.335 e. The van der Waals surface area contributed by atoms with Gasteiger partial charge in [-0.25, -0.2) is 4.79 Å². The molecule has 1 heterocycles.